The number of ketones is 1. The minimum Gasteiger partial charge on any atom is -0.378 e. The smallest absolute Gasteiger partial charge is 0.195 e. The number of ether oxygens (including phenoxy) is 1. The molecule has 0 spiro atoms. The van der Waals surface area contributed by atoms with Crippen LogP contribution < -0.4 is 0 Å². The Bertz CT molecular complexity index is 878. The van der Waals surface area contributed by atoms with Gasteiger partial charge in [0.25, 0.3) is 0 Å². The molecule has 3 heteroatoms. The summed E-state index contributed by atoms with van der Waals surface area (Å²) >= 11 is 0. The maximum absolute atomic E-state index is 13.1. The predicted octanol–water partition coefficient (Wildman–Crippen LogP) is 5.24. The molecule has 0 saturated heterocycles. The SMILES string of the molecule is Cc1[nH]c2cccc(C(C)COC(C)C)c2c1C(=O)c1ccccc1. The van der Waals surface area contributed by atoms with Gasteiger partial charge in [-0.25, -0.2) is 0 Å². The van der Waals surface area contributed by atoms with E-state index >= 15 is 0 Å². The van der Waals surface area contributed by atoms with Crippen LogP contribution in [0.4, 0.5) is 0 Å². The van der Waals surface area contributed by atoms with Crippen molar-refractivity contribution in [1.29, 1.82) is 0 Å². The molecule has 0 bridgehead atoms. The number of nitrogens with one attached hydrogen (secondary N) is 1. The Labute approximate surface area is 149 Å². The number of aromatic amines is 1. The Hall–Kier alpha value is -2.39. The number of H-pyrrole nitrogens is 1. The van der Waals surface area contributed by atoms with Gasteiger partial charge in [0.1, 0.15) is 0 Å². The zero-order valence-electron chi connectivity index (χ0n) is 15.3. The zero-order chi connectivity index (χ0) is 18.0. The molecule has 0 aliphatic rings. The van der Waals surface area contributed by atoms with Crippen molar-refractivity contribution in [3.8, 4) is 0 Å². The Morgan fingerprint density at radius 2 is 1.76 bits per heavy atom. The van der Waals surface area contributed by atoms with Gasteiger partial charge in [-0.3, -0.25) is 4.79 Å². The summed E-state index contributed by atoms with van der Waals surface area (Å²) < 4.78 is 5.80. The van der Waals surface area contributed by atoms with E-state index in [4.69, 9.17) is 4.74 Å². The van der Waals surface area contributed by atoms with Crippen LogP contribution in [0.1, 0.15) is 53.9 Å². The number of aromatic nitrogens is 1. The third kappa shape index (κ3) is 3.52. The fourth-order valence-corrected chi connectivity index (χ4v) is 3.26. The fourth-order valence-electron chi connectivity index (χ4n) is 3.26. The normalized spacial score (nSPS) is 12.7. The maximum atomic E-state index is 13.1. The minimum absolute atomic E-state index is 0.0637. The van der Waals surface area contributed by atoms with Crippen molar-refractivity contribution in [2.45, 2.75) is 39.7 Å². The van der Waals surface area contributed by atoms with E-state index < -0.39 is 0 Å². The van der Waals surface area contributed by atoms with Gasteiger partial charge in [0.05, 0.1) is 18.3 Å². The van der Waals surface area contributed by atoms with Gasteiger partial charge in [0.2, 0.25) is 0 Å². The largest absolute Gasteiger partial charge is 0.378 e. The highest BCUT2D eigenvalue weighted by Gasteiger charge is 2.22. The molecular weight excluding hydrogens is 310 g/mol. The number of fused-ring (bicyclic) bond motifs is 1. The van der Waals surface area contributed by atoms with E-state index in [1.165, 1.54) is 0 Å². The minimum atomic E-state index is 0.0637. The lowest BCUT2D eigenvalue weighted by molar-refractivity contribution is 0.0704. The topological polar surface area (TPSA) is 42.1 Å². The first-order valence-corrected chi connectivity index (χ1v) is 8.81. The summed E-state index contributed by atoms with van der Waals surface area (Å²) in [6.07, 6.45) is 0.194. The van der Waals surface area contributed by atoms with E-state index in [2.05, 4.69) is 18.0 Å². The van der Waals surface area contributed by atoms with Crippen molar-refractivity contribution in [3.63, 3.8) is 0 Å². The van der Waals surface area contributed by atoms with Crippen molar-refractivity contribution in [3.05, 3.63) is 70.9 Å². The van der Waals surface area contributed by atoms with Gasteiger partial charge in [0, 0.05) is 28.1 Å². The van der Waals surface area contributed by atoms with Crippen molar-refractivity contribution in [2.24, 2.45) is 0 Å². The number of rotatable bonds is 6. The second kappa shape index (κ2) is 7.24. The van der Waals surface area contributed by atoms with E-state index in [0.717, 1.165) is 27.7 Å². The molecule has 1 N–H and O–H groups in total. The average Bonchev–Trinajstić information content (AvgIpc) is 2.95. The summed E-state index contributed by atoms with van der Waals surface area (Å²) in [4.78, 5) is 16.5. The Kier molecular flexibility index (Phi) is 5.05. The molecule has 1 unspecified atom stereocenters. The number of benzene rings is 2. The summed E-state index contributed by atoms with van der Waals surface area (Å²) in [7, 11) is 0. The first-order chi connectivity index (χ1) is 12.0. The number of hydrogen-bond acceptors (Lipinski definition) is 2. The molecule has 1 aromatic heterocycles. The lowest BCUT2D eigenvalue weighted by Gasteiger charge is -2.16. The Morgan fingerprint density at radius 1 is 1.04 bits per heavy atom. The van der Waals surface area contributed by atoms with E-state index in [1.54, 1.807) is 0 Å². The highest BCUT2D eigenvalue weighted by atomic mass is 16.5. The summed E-state index contributed by atoms with van der Waals surface area (Å²) in [6.45, 7) is 8.84. The lowest BCUT2D eigenvalue weighted by atomic mass is 9.92. The molecule has 0 aliphatic carbocycles. The van der Waals surface area contributed by atoms with Crippen LogP contribution in [-0.4, -0.2) is 23.5 Å². The third-order valence-corrected chi connectivity index (χ3v) is 4.52. The van der Waals surface area contributed by atoms with E-state index in [-0.39, 0.29) is 17.8 Å². The van der Waals surface area contributed by atoms with Gasteiger partial charge in [-0.2, -0.15) is 0 Å². The summed E-state index contributed by atoms with van der Waals surface area (Å²) in [5.41, 5.74) is 4.56. The number of hydrogen-bond donors (Lipinski definition) is 1. The van der Waals surface area contributed by atoms with Crippen LogP contribution in [0.25, 0.3) is 10.9 Å². The van der Waals surface area contributed by atoms with Crippen molar-refractivity contribution in [1.82, 2.24) is 4.98 Å². The van der Waals surface area contributed by atoms with Gasteiger partial charge in [0.15, 0.2) is 5.78 Å². The highest BCUT2D eigenvalue weighted by Crippen LogP contribution is 2.32. The van der Waals surface area contributed by atoms with Crippen LogP contribution in [-0.2, 0) is 4.74 Å². The number of carbonyl (C=O) groups excluding carboxylic acids is 1. The molecule has 2 aromatic carbocycles. The van der Waals surface area contributed by atoms with Gasteiger partial charge in [-0.05, 0) is 32.4 Å². The van der Waals surface area contributed by atoms with Gasteiger partial charge >= 0.3 is 0 Å². The quantitative estimate of drug-likeness (QED) is 0.626. The van der Waals surface area contributed by atoms with Gasteiger partial charge in [-0.1, -0.05) is 49.4 Å². The van der Waals surface area contributed by atoms with Crippen molar-refractivity contribution < 1.29 is 9.53 Å². The Morgan fingerprint density at radius 3 is 2.44 bits per heavy atom. The second-order valence-electron chi connectivity index (χ2n) is 6.87. The molecule has 0 aliphatic heterocycles. The van der Waals surface area contributed by atoms with Crippen LogP contribution in [0.2, 0.25) is 0 Å². The van der Waals surface area contributed by atoms with Crippen LogP contribution in [0.15, 0.2) is 48.5 Å². The molecule has 0 radical (unpaired) electrons. The molecule has 1 atom stereocenters. The number of aryl methyl sites for hydroxylation is 1. The molecule has 3 rings (SSSR count). The molecular formula is C22H25NO2. The van der Waals surface area contributed by atoms with Gasteiger partial charge in [-0.15, -0.1) is 0 Å². The third-order valence-electron chi connectivity index (χ3n) is 4.52. The molecule has 1 heterocycles. The van der Waals surface area contributed by atoms with Crippen molar-refractivity contribution >= 4 is 16.7 Å². The van der Waals surface area contributed by atoms with Crippen molar-refractivity contribution in [2.75, 3.05) is 6.61 Å². The summed E-state index contributed by atoms with van der Waals surface area (Å²) in [5.74, 6) is 0.275. The van der Waals surface area contributed by atoms with E-state index in [1.807, 2.05) is 63.2 Å². The first kappa shape index (κ1) is 17.4. The molecule has 3 nitrogen and oxygen atoms in total. The first-order valence-electron chi connectivity index (χ1n) is 8.81. The second-order valence-corrected chi connectivity index (χ2v) is 6.87. The molecule has 0 fully saturated rings. The van der Waals surface area contributed by atoms with E-state index in [0.29, 0.717) is 12.2 Å². The van der Waals surface area contributed by atoms with Crippen LogP contribution in [0.5, 0.6) is 0 Å². The summed E-state index contributed by atoms with van der Waals surface area (Å²) in [5, 5.41) is 1.02. The molecule has 0 amide bonds. The molecule has 3 aromatic rings. The average molecular weight is 335 g/mol. The predicted molar refractivity (Wildman–Crippen MR) is 102 cm³/mol. The maximum Gasteiger partial charge on any atom is 0.195 e. The highest BCUT2D eigenvalue weighted by molar-refractivity contribution is 6.18. The zero-order valence-corrected chi connectivity index (χ0v) is 15.3. The van der Waals surface area contributed by atoms with Crippen LogP contribution >= 0.6 is 0 Å². The fraction of sp³-hybridized carbons (Fsp3) is 0.318. The monoisotopic (exact) mass is 335 g/mol. The van der Waals surface area contributed by atoms with E-state index in [9.17, 15) is 4.79 Å². The lowest BCUT2D eigenvalue weighted by Crippen LogP contribution is -2.11. The summed E-state index contributed by atoms with van der Waals surface area (Å²) in [6, 6.07) is 15.6. The molecule has 25 heavy (non-hydrogen) atoms. The standard InChI is InChI=1S/C22H25NO2/c1-14(2)25-13-15(3)18-11-8-12-19-21(18)20(16(4)23-19)22(24)17-9-6-5-7-10-17/h5-12,14-15,23H,13H2,1-4H3. The Balaban J connectivity index is 2.10. The van der Waals surface area contributed by atoms with Gasteiger partial charge < -0.3 is 9.72 Å². The van der Waals surface area contributed by atoms with Crippen LogP contribution in [0, 0.1) is 6.92 Å². The number of carbonyl (C=O) groups is 1. The molecule has 0 saturated carbocycles. The molecule has 130 valence electrons. The van der Waals surface area contributed by atoms with Crippen LogP contribution in [0.3, 0.4) is 0 Å².